The van der Waals surface area contributed by atoms with Crippen molar-refractivity contribution >= 4 is 11.8 Å². The average Bonchev–Trinajstić information content (AvgIpc) is 3.50. The van der Waals surface area contributed by atoms with Crippen LogP contribution in [0.5, 0.6) is 0 Å². The zero-order valence-corrected chi connectivity index (χ0v) is 17.1. The number of nitrogens with zero attached hydrogens (tertiary/aromatic N) is 4. The number of carbonyl (C=O) groups excluding carboxylic acids is 2. The molecule has 0 atom stereocenters. The maximum atomic E-state index is 14.1. The van der Waals surface area contributed by atoms with E-state index < -0.39 is 5.41 Å². The number of hydrogen-bond donors (Lipinski definition) is 0. The highest BCUT2D eigenvalue weighted by atomic mass is 19.1. The smallest absolute Gasteiger partial charge is 0.257 e. The number of rotatable bonds is 4. The van der Waals surface area contributed by atoms with E-state index in [1.165, 1.54) is 6.07 Å². The Morgan fingerprint density at radius 1 is 1.13 bits per heavy atom. The Balaban J connectivity index is 1.24. The molecule has 3 heterocycles. The Kier molecular flexibility index (Phi) is 4.83. The van der Waals surface area contributed by atoms with Crippen molar-refractivity contribution in [1.82, 2.24) is 19.6 Å². The molecule has 1 aromatic carbocycles. The molecule has 0 bridgehead atoms. The minimum Gasteiger partial charge on any atom is -0.338 e. The first-order chi connectivity index (χ1) is 14.6. The summed E-state index contributed by atoms with van der Waals surface area (Å²) in [4.78, 5) is 29.9. The van der Waals surface area contributed by atoms with Crippen LogP contribution in [0.15, 0.2) is 36.7 Å². The molecule has 0 unspecified atom stereocenters. The van der Waals surface area contributed by atoms with Crippen molar-refractivity contribution in [1.29, 1.82) is 0 Å². The van der Waals surface area contributed by atoms with Crippen molar-refractivity contribution in [3.05, 3.63) is 53.6 Å². The highest BCUT2D eigenvalue weighted by Gasteiger charge is 2.46. The summed E-state index contributed by atoms with van der Waals surface area (Å²) >= 11 is 0. The van der Waals surface area contributed by atoms with Crippen LogP contribution in [0.25, 0.3) is 0 Å². The summed E-state index contributed by atoms with van der Waals surface area (Å²) in [6.07, 6.45) is 8.88. The van der Waals surface area contributed by atoms with Gasteiger partial charge < -0.3 is 9.80 Å². The van der Waals surface area contributed by atoms with E-state index in [0.29, 0.717) is 56.2 Å². The Bertz CT molecular complexity index is 960. The van der Waals surface area contributed by atoms with Crippen molar-refractivity contribution in [2.75, 3.05) is 19.6 Å². The zero-order chi connectivity index (χ0) is 20.7. The monoisotopic (exact) mass is 410 g/mol. The molecule has 2 aromatic rings. The molecule has 2 aliphatic heterocycles. The largest absolute Gasteiger partial charge is 0.338 e. The molecule has 5 rings (SSSR count). The van der Waals surface area contributed by atoms with Gasteiger partial charge in [0.1, 0.15) is 5.82 Å². The van der Waals surface area contributed by atoms with Gasteiger partial charge >= 0.3 is 0 Å². The van der Waals surface area contributed by atoms with Gasteiger partial charge in [0.2, 0.25) is 5.91 Å². The van der Waals surface area contributed by atoms with Crippen molar-refractivity contribution in [3.63, 3.8) is 0 Å². The highest BCUT2D eigenvalue weighted by molar-refractivity contribution is 5.94. The van der Waals surface area contributed by atoms with Gasteiger partial charge in [0.25, 0.3) is 5.91 Å². The lowest BCUT2D eigenvalue weighted by atomic mass is 9.71. The normalized spacial score (nSPS) is 21.3. The molecule has 3 fully saturated rings. The minimum absolute atomic E-state index is 0.00298. The van der Waals surface area contributed by atoms with Gasteiger partial charge in [-0.05, 0) is 44.6 Å². The van der Waals surface area contributed by atoms with E-state index in [0.717, 1.165) is 25.7 Å². The van der Waals surface area contributed by atoms with Crippen LogP contribution >= 0.6 is 0 Å². The fourth-order valence-electron chi connectivity index (χ4n) is 4.91. The third-order valence-corrected chi connectivity index (χ3v) is 6.92. The molecule has 0 radical (unpaired) electrons. The van der Waals surface area contributed by atoms with Crippen LogP contribution < -0.4 is 0 Å². The number of amides is 2. The number of benzene rings is 1. The Labute approximate surface area is 175 Å². The molecule has 1 aromatic heterocycles. The van der Waals surface area contributed by atoms with Gasteiger partial charge in [-0.1, -0.05) is 18.2 Å². The highest BCUT2D eigenvalue weighted by Crippen LogP contribution is 2.42. The van der Waals surface area contributed by atoms with Gasteiger partial charge in [-0.2, -0.15) is 5.10 Å². The second-order valence-electron chi connectivity index (χ2n) is 8.93. The van der Waals surface area contributed by atoms with Gasteiger partial charge in [-0.15, -0.1) is 0 Å². The first-order valence-electron chi connectivity index (χ1n) is 10.9. The molecule has 1 spiro atoms. The van der Waals surface area contributed by atoms with Crippen LogP contribution in [0.4, 0.5) is 4.39 Å². The number of piperidine rings is 2. The standard InChI is InChI=1S/C23H27FN4O2/c24-20-5-2-1-4-17(20)15-27-11-3-8-23(22(27)30)9-12-26(13-10-23)21(29)18-14-25-28(16-18)19-6-7-19/h1-2,4-5,14,16,19H,3,6-13,15H2. The Hall–Kier alpha value is -2.70. The van der Waals surface area contributed by atoms with Crippen LogP contribution in [0, 0.1) is 11.2 Å². The van der Waals surface area contributed by atoms with E-state index in [1.807, 2.05) is 15.8 Å². The average molecular weight is 410 g/mol. The topological polar surface area (TPSA) is 58.4 Å². The SMILES string of the molecule is O=C(c1cnn(C2CC2)c1)N1CCC2(CCCN(Cc3ccccc3F)C2=O)CC1. The molecular formula is C23H27FN4O2. The van der Waals surface area contributed by atoms with Crippen LogP contribution in [0.2, 0.25) is 0 Å². The maximum Gasteiger partial charge on any atom is 0.257 e. The molecule has 30 heavy (non-hydrogen) atoms. The number of carbonyl (C=O) groups is 2. The molecule has 158 valence electrons. The van der Waals surface area contributed by atoms with E-state index in [-0.39, 0.29) is 17.6 Å². The summed E-state index contributed by atoms with van der Waals surface area (Å²) in [6.45, 7) is 2.13. The van der Waals surface area contributed by atoms with Crippen LogP contribution in [0.3, 0.4) is 0 Å². The van der Waals surface area contributed by atoms with E-state index >= 15 is 0 Å². The van der Waals surface area contributed by atoms with Crippen molar-refractivity contribution in [3.8, 4) is 0 Å². The fourth-order valence-corrected chi connectivity index (χ4v) is 4.91. The number of likely N-dealkylation sites (tertiary alicyclic amines) is 2. The maximum absolute atomic E-state index is 14.1. The van der Waals surface area contributed by atoms with E-state index in [9.17, 15) is 14.0 Å². The van der Waals surface area contributed by atoms with Crippen molar-refractivity contribution in [2.45, 2.75) is 51.1 Å². The first kappa shape index (κ1) is 19.3. The van der Waals surface area contributed by atoms with E-state index in [1.54, 1.807) is 29.3 Å². The Morgan fingerprint density at radius 3 is 2.63 bits per heavy atom. The molecule has 2 saturated heterocycles. The van der Waals surface area contributed by atoms with Gasteiger partial charge in [0, 0.05) is 37.9 Å². The van der Waals surface area contributed by atoms with Gasteiger partial charge in [0.05, 0.1) is 23.2 Å². The third-order valence-electron chi connectivity index (χ3n) is 6.92. The predicted molar refractivity (Wildman–Crippen MR) is 109 cm³/mol. The molecule has 2 amide bonds. The molecule has 0 N–H and O–H groups in total. The van der Waals surface area contributed by atoms with Crippen molar-refractivity contribution < 1.29 is 14.0 Å². The predicted octanol–water partition coefficient (Wildman–Crippen LogP) is 3.40. The second-order valence-corrected chi connectivity index (χ2v) is 8.93. The summed E-state index contributed by atoms with van der Waals surface area (Å²) in [5.41, 5.74) is 0.774. The third kappa shape index (κ3) is 3.50. The minimum atomic E-state index is -0.418. The van der Waals surface area contributed by atoms with Crippen LogP contribution in [-0.4, -0.2) is 51.0 Å². The summed E-state index contributed by atoms with van der Waals surface area (Å²) in [7, 11) is 0. The summed E-state index contributed by atoms with van der Waals surface area (Å²) in [5, 5.41) is 4.32. The molecule has 1 aliphatic carbocycles. The van der Waals surface area contributed by atoms with Gasteiger partial charge in [0.15, 0.2) is 0 Å². The summed E-state index contributed by atoms with van der Waals surface area (Å²) in [5.74, 6) is -0.147. The van der Waals surface area contributed by atoms with Crippen LogP contribution in [-0.2, 0) is 11.3 Å². The lowest BCUT2D eigenvalue weighted by molar-refractivity contribution is -0.150. The van der Waals surface area contributed by atoms with Crippen LogP contribution in [0.1, 0.15) is 60.5 Å². The van der Waals surface area contributed by atoms with Gasteiger partial charge in [-0.3, -0.25) is 14.3 Å². The lowest BCUT2D eigenvalue weighted by Gasteiger charge is -2.46. The summed E-state index contributed by atoms with van der Waals surface area (Å²) in [6, 6.07) is 7.11. The number of halogens is 1. The zero-order valence-electron chi connectivity index (χ0n) is 17.1. The fraction of sp³-hybridized carbons (Fsp3) is 0.522. The second kappa shape index (κ2) is 7.52. The number of hydrogen-bond acceptors (Lipinski definition) is 3. The van der Waals surface area contributed by atoms with Crippen molar-refractivity contribution in [2.24, 2.45) is 5.41 Å². The lowest BCUT2D eigenvalue weighted by Crippen LogP contribution is -2.54. The first-order valence-corrected chi connectivity index (χ1v) is 10.9. The molecular weight excluding hydrogens is 383 g/mol. The van der Waals surface area contributed by atoms with E-state index in [4.69, 9.17) is 0 Å². The molecule has 6 nitrogen and oxygen atoms in total. The molecule has 3 aliphatic rings. The van der Waals surface area contributed by atoms with E-state index in [2.05, 4.69) is 5.10 Å². The quantitative estimate of drug-likeness (QED) is 0.776. The molecule has 1 saturated carbocycles. The molecule has 7 heteroatoms. The number of aromatic nitrogens is 2. The van der Waals surface area contributed by atoms with Gasteiger partial charge in [-0.25, -0.2) is 4.39 Å². The Morgan fingerprint density at radius 2 is 1.90 bits per heavy atom. The summed E-state index contributed by atoms with van der Waals surface area (Å²) < 4.78 is 16.0.